The molecule has 0 rings (SSSR count). The van der Waals surface area contributed by atoms with E-state index in [4.69, 9.17) is 5.11 Å². The van der Waals surface area contributed by atoms with E-state index in [-0.39, 0.29) is 18.5 Å². The molecule has 2 amide bonds. The molecule has 3 N–H and O–H groups in total. The van der Waals surface area contributed by atoms with Gasteiger partial charge in [0.15, 0.2) is 0 Å². The number of carbonyl (C=O) groups is 2. The quantitative estimate of drug-likeness (QED) is 0.482. The highest BCUT2D eigenvalue weighted by Crippen LogP contribution is 2.02. The Morgan fingerprint density at radius 1 is 1.10 bits per heavy atom. The highest BCUT2D eigenvalue weighted by atomic mass is 16.4. The molecule has 0 aliphatic carbocycles. The Morgan fingerprint density at radius 3 is 2.29 bits per heavy atom. The van der Waals surface area contributed by atoms with Gasteiger partial charge in [0, 0.05) is 25.6 Å². The molecule has 0 aromatic carbocycles. The maximum Gasteiger partial charge on any atom is 0.315 e. The van der Waals surface area contributed by atoms with Crippen molar-refractivity contribution in [3.63, 3.8) is 0 Å². The molecule has 0 aromatic rings. The molecule has 0 saturated heterocycles. The molecule has 0 aliphatic rings. The van der Waals surface area contributed by atoms with Gasteiger partial charge < -0.3 is 20.6 Å². The smallest absolute Gasteiger partial charge is 0.315 e. The first-order valence-corrected chi connectivity index (χ1v) is 7.98. The second-order valence-electron chi connectivity index (χ2n) is 5.35. The van der Waals surface area contributed by atoms with Crippen LogP contribution in [0.15, 0.2) is 0 Å². The van der Waals surface area contributed by atoms with Crippen molar-refractivity contribution < 1.29 is 14.7 Å². The number of hydrogen-bond donors (Lipinski definition) is 3. The van der Waals surface area contributed by atoms with Crippen molar-refractivity contribution in [3.05, 3.63) is 0 Å². The number of nitrogens with zero attached hydrogens (tertiary/aromatic N) is 1. The molecule has 0 radical (unpaired) electrons. The van der Waals surface area contributed by atoms with Crippen molar-refractivity contribution in [1.29, 1.82) is 0 Å². The summed E-state index contributed by atoms with van der Waals surface area (Å²) in [6.07, 6.45) is 3.67. The number of hydrogen-bond acceptors (Lipinski definition) is 3. The van der Waals surface area contributed by atoms with Crippen molar-refractivity contribution in [2.45, 2.75) is 58.9 Å². The average Bonchev–Trinajstić information content (AvgIpc) is 2.43. The summed E-state index contributed by atoms with van der Waals surface area (Å²) < 4.78 is 0. The number of likely N-dealkylation sites (N-methyl/N-ethyl adjacent to an activating group) is 1. The summed E-state index contributed by atoms with van der Waals surface area (Å²) in [5.41, 5.74) is 0. The number of unbranched alkanes of at least 4 members (excludes halogenated alkanes) is 3. The summed E-state index contributed by atoms with van der Waals surface area (Å²) in [4.78, 5) is 24.3. The summed E-state index contributed by atoms with van der Waals surface area (Å²) in [7, 11) is 0. The van der Waals surface area contributed by atoms with E-state index >= 15 is 0 Å². The molecular formula is C15H31N3O3. The van der Waals surface area contributed by atoms with E-state index in [0.717, 1.165) is 38.9 Å². The lowest BCUT2D eigenvalue weighted by Crippen LogP contribution is -2.46. The zero-order valence-electron chi connectivity index (χ0n) is 13.7. The highest BCUT2D eigenvalue weighted by molar-refractivity contribution is 5.74. The largest absolute Gasteiger partial charge is 0.481 e. The first-order chi connectivity index (χ1) is 9.99. The molecule has 1 unspecified atom stereocenters. The number of nitrogens with one attached hydrogen (secondary N) is 2. The fraction of sp³-hybridized carbons (Fsp3) is 0.867. The molecule has 21 heavy (non-hydrogen) atoms. The lowest BCUT2D eigenvalue weighted by Gasteiger charge is -2.23. The zero-order chi connectivity index (χ0) is 16.1. The predicted molar refractivity (Wildman–Crippen MR) is 84.5 cm³/mol. The van der Waals surface area contributed by atoms with E-state index in [1.54, 1.807) is 0 Å². The molecule has 1 atom stereocenters. The maximum atomic E-state index is 11.7. The van der Waals surface area contributed by atoms with Gasteiger partial charge in [-0.25, -0.2) is 4.79 Å². The Morgan fingerprint density at radius 2 is 1.71 bits per heavy atom. The fourth-order valence-corrected chi connectivity index (χ4v) is 2.15. The topological polar surface area (TPSA) is 81.7 Å². The maximum absolute atomic E-state index is 11.7. The Bertz CT molecular complexity index is 294. The number of carboxylic acids is 1. The standard InChI is InChI=1S/C15H31N3O3/c1-4-18(5-2)12-13(3)17-15(21)16-11-9-7-6-8-10-14(19)20/h13H,4-12H2,1-3H3,(H,19,20)(H2,16,17,21). The minimum Gasteiger partial charge on any atom is -0.481 e. The normalized spacial score (nSPS) is 12.2. The van der Waals surface area contributed by atoms with Gasteiger partial charge in [-0.3, -0.25) is 4.79 Å². The third-order valence-corrected chi connectivity index (χ3v) is 3.41. The average molecular weight is 301 g/mol. The van der Waals surface area contributed by atoms with Gasteiger partial charge in [-0.15, -0.1) is 0 Å². The van der Waals surface area contributed by atoms with Crippen LogP contribution in [0.25, 0.3) is 0 Å². The predicted octanol–water partition coefficient (Wildman–Crippen LogP) is 2.05. The lowest BCUT2D eigenvalue weighted by molar-refractivity contribution is -0.137. The van der Waals surface area contributed by atoms with Gasteiger partial charge in [-0.05, 0) is 32.9 Å². The van der Waals surface area contributed by atoms with Crippen LogP contribution in [0, 0.1) is 0 Å². The SMILES string of the molecule is CCN(CC)CC(C)NC(=O)NCCCCCCC(=O)O. The molecule has 0 saturated carbocycles. The molecule has 6 heteroatoms. The van der Waals surface area contributed by atoms with Gasteiger partial charge in [-0.1, -0.05) is 26.7 Å². The van der Waals surface area contributed by atoms with Crippen LogP contribution >= 0.6 is 0 Å². The molecule has 0 aromatic heterocycles. The number of amides is 2. The Kier molecular flexibility index (Phi) is 11.7. The lowest BCUT2D eigenvalue weighted by atomic mass is 10.1. The monoisotopic (exact) mass is 301 g/mol. The van der Waals surface area contributed by atoms with Crippen LogP contribution in [0.3, 0.4) is 0 Å². The van der Waals surface area contributed by atoms with E-state index in [0.29, 0.717) is 13.0 Å². The van der Waals surface area contributed by atoms with E-state index in [1.807, 2.05) is 6.92 Å². The molecule has 6 nitrogen and oxygen atoms in total. The first-order valence-electron chi connectivity index (χ1n) is 7.98. The minimum atomic E-state index is -0.741. The number of carboxylic acid groups (broad SMARTS) is 1. The van der Waals surface area contributed by atoms with Crippen LogP contribution in [0.5, 0.6) is 0 Å². The molecule has 0 bridgehead atoms. The van der Waals surface area contributed by atoms with Crippen molar-refractivity contribution in [2.24, 2.45) is 0 Å². The highest BCUT2D eigenvalue weighted by Gasteiger charge is 2.09. The van der Waals surface area contributed by atoms with Crippen molar-refractivity contribution >= 4 is 12.0 Å². The zero-order valence-corrected chi connectivity index (χ0v) is 13.7. The van der Waals surface area contributed by atoms with Gasteiger partial charge in [0.25, 0.3) is 0 Å². The summed E-state index contributed by atoms with van der Waals surface area (Å²) in [5, 5.41) is 14.3. The Balaban J connectivity index is 3.55. The van der Waals surface area contributed by atoms with Gasteiger partial charge in [0.1, 0.15) is 0 Å². The van der Waals surface area contributed by atoms with Crippen LogP contribution in [-0.2, 0) is 4.79 Å². The van der Waals surface area contributed by atoms with E-state index < -0.39 is 5.97 Å². The van der Waals surface area contributed by atoms with E-state index in [2.05, 4.69) is 29.4 Å². The molecule has 0 fully saturated rings. The summed E-state index contributed by atoms with van der Waals surface area (Å²) >= 11 is 0. The first kappa shape index (κ1) is 19.7. The fourth-order valence-electron chi connectivity index (χ4n) is 2.15. The van der Waals surface area contributed by atoms with Gasteiger partial charge in [0.05, 0.1) is 0 Å². The Hall–Kier alpha value is -1.30. The van der Waals surface area contributed by atoms with E-state index in [1.165, 1.54) is 0 Å². The second kappa shape index (κ2) is 12.4. The van der Waals surface area contributed by atoms with Gasteiger partial charge >= 0.3 is 12.0 Å². The summed E-state index contributed by atoms with van der Waals surface area (Å²) in [6.45, 7) is 9.69. The third kappa shape index (κ3) is 12.2. The van der Waals surface area contributed by atoms with E-state index in [9.17, 15) is 9.59 Å². The molecule has 0 spiro atoms. The van der Waals surface area contributed by atoms with Gasteiger partial charge in [-0.2, -0.15) is 0 Å². The van der Waals surface area contributed by atoms with Crippen molar-refractivity contribution in [2.75, 3.05) is 26.2 Å². The molecule has 0 heterocycles. The third-order valence-electron chi connectivity index (χ3n) is 3.41. The van der Waals surface area contributed by atoms with Gasteiger partial charge in [0.2, 0.25) is 0 Å². The van der Waals surface area contributed by atoms with Crippen LogP contribution in [0.4, 0.5) is 4.79 Å². The summed E-state index contributed by atoms with van der Waals surface area (Å²) in [6, 6.07) is 0.000610. The minimum absolute atomic E-state index is 0.125. The number of urea groups is 1. The van der Waals surface area contributed by atoms with Crippen LogP contribution in [0.1, 0.15) is 52.9 Å². The number of carbonyl (C=O) groups excluding carboxylic acids is 1. The molecular weight excluding hydrogens is 270 g/mol. The molecule has 124 valence electrons. The number of aliphatic carboxylic acids is 1. The van der Waals surface area contributed by atoms with Crippen LogP contribution < -0.4 is 10.6 Å². The van der Waals surface area contributed by atoms with Crippen LogP contribution in [-0.4, -0.2) is 54.2 Å². The second-order valence-corrected chi connectivity index (χ2v) is 5.35. The van der Waals surface area contributed by atoms with Crippen molar-refractivity contribution in [3.8, 4) is 0 Å². The van der Waals surface area contributed by atoms with Crippen LogP contribution in [0.2, 0.25) is 0 Å². The molecule has 0 aliphatic heterocycles. The summed E-state index contributed by atoms with van der Waals surface area (Å²) in [5.74, 6) is -0.741. The number of rotatable bonds is 12. The van der Waals surface area contributed by atoms with Crippen molar-refractivity contribution in [1.82, 2.24) is 15.5 Å². The Labute approximate surface area is 128 Å².